The highest BCUT2D eigenvalue weighted by molar-refractivity contribution is 5.93. The lowest BCUT2D eigenvalue weighted by Crippen LogP contribution is -2.25. The number of carbonyl (C=O) groups excluding carboxylic acids is 1. The molecule has 2 amide bonds. The van der Waals surface area contributed by atoms with Gasteiger partial charge in [0.25, 0.3) is 0 Å². The first kappa shape index (κ1) is 14.1. The zero-order valence-corrected chi connectivity index (χ0v) is 11.4. The van der Waals surface area contributed by atoms with E-state index in [1.165, 1.54) is 0 Å². The van der Waals surface area contributed by atoms with E-state index in [1.807, 2.05) is 26.0 Å². The molecule has 4 N–H and O–H groups in total. The summed E-state index contributed by atoms with van der Waals surface area (Å²) in [5, 5.41) is 5.42. The summed E-state index contributed by atoms with van der Waals surface area (Å²) in [7, 11) is 0. The molecule has 1 aromatic carbocycles. The third kappa shape index (κ3) is 4.13. The normalized spacial score (nSPS) is 11.5. The van der Waals surface area contributed by atoms with Crippen molar-refractivity contribution in [2.45, 2.75) is 27.7 Å². The number of nitrogens with one attached hydrogen (secondary N) is 2. The van der Waals surface area contributed by atoms with Crippen molar-refractivity contribution in [3.05, 3.63) is 35.5 Å². The van der Waals surface area contributed by atoms with Crippen LogP contribution in [-0.2, 0) is 0 Å². The Morgan fingerprint density at radius 2 is 2.06 bits per heavy atom. The molecule has 0 bridgehead atoms. The van der Waals surface area contributed by atoms with Crippen LogP contribution < -0.4 is 16.4 Å². The number of benzene rings is 1. The van der Waals surface area contributed by atoms with Gasteiger partial charge in [-0.15, -0.1) is 0 Å². The van der Waals surface area contributed by atoms with E-state index in [4.69, 9.17) is 5.73 Å². The quantitative estimate of drug-likeness (QED) is 0.718. The standard InChI is InChI=1S/C14H21N3O/c1-9(2)11(4)8-16-14(18)17-13-7-10(3)5-6-12(13)15/h5-9H,15H2,1-4H3,(H2,16,17,18)/b11-8+. The Morgan fingerprint density at radius 1 is 1.39 bits per heavy atom. The molecule has 0 aliphatic carbocycles. The molecule has 98 valence electrons. The van der Waals surface area contributed by atoms with Gasteiger partial charge in [0, 0.05) is 6.20 Å². The van der Waals surface area contributed by atoms with E-state index in [1.54, 1.807) is 12.3 Å². The van der Waals surface area contributed by atoms with E-state index in [2.05, 4.69) is 24.5 Å². The van der Waals surface area contributed by atoms with Gasteiger partial charge in [-0.05, 0) is 37.5 Å². The van der Waals surface area contributed by atoms with Crippen LogP contribution in [0.15, 0.2) is 30.0 Å². The lowest BCUT2D eigenvalue weighted by atomic mass is 10.1. The summed E-state index contributed by atoms with van der Waals surface area (Å²) in [6, 6.07) is 5.24. The van der Waals surface area contributed by atoms with Gasteiger partial charge in [-0.3, -0.25) is 0 Å². The molecule has 0 saturated carbocycles. The molecule has 0 unspecified atom stereocenters. The van der Waals surface area contributed by atoms with Crippen molar-refractivity contribution in [2.75, 3.05) is 11.1 Å². The number of nitrogen functional groups attached to an aromatic ring is 1. The third-order valence-corrected chi connectivity index (χ3v) is 2.80. The molecule has 1 rings (SSSR count). The lowest BCUT2D eigenvalue weighted by Gasteiger charge is -2.10. The number of allylic oxidation sites excluding steroid dienone is 1. The van der Waals surface area contributed by atoms with Crippen LogP contribution in [0.1, 0.15) is 26.3 Å². The number of anilines is 2. The summed E-state index contributed by atoms with van der Waals surface area (Å²) in [6.07, 6.45) is 1.71. The Labute approximate surface area is 108 Å². The van der Waals surface area contributed by atoms with E-state index in [0.717, 1.165) is 11.1 Å². The molecule has 0 spiro atoms. The van der Waals surface area contributed by atoms with Crippen molar-refractivity contribution in [2.24, 2.45) is 5.92 Å². The Balaban J connectivity index is 2.65. The minimum Gasteiger partial charge on any atom is -0.397 e. The fourth-order valence-electron chi connectivity index (χ4n) is 1.28. The molecular weight excluding hydrogens is 226 g/mol. The van der Waals surface area contributed by atoms with Gasteiger partial charge in [0.1, 0.15) is 0 Å². The third-order valence-electron chi connectivity index (χ3n) is 2.80. The zero-order chi connectivity index (χ0) is 13.7. The van der Waals surface area contributed by atoms with Gasteiger partial charge in [0.2, 0.25) is 0 Å². The van der Waals surface area contributed by atoms with E-state index in [-0.39, 0.29) is 6.03 Å². The summed E-state index contributed by atoms with van der Waals surface area (Å²) in [4.78, 5) is 11.7. The summed E-state index contributed by atoms with van der Waals surface area (Å²) < 4.78 is 0. The second kappa shape index (κ2) is 6.10. The van der Waals surface area contributed by atoms with Crippen LogP contribution in [0.25, 0.3) is 0 Å². The number of nitrogens with two attached hydrogens (primary N) is 1. The summed E-state index contributed by atoms with van der Waals surface area (Å²) in [5.41, 5.74) is 9.13. The van der Waals surface area contributed by atoms with Gasteiger partial charge in [-0.2, -0.15) is 0 Å². The molecule has 0 aliphatic heterocycles. The smallest absolute Gasteiger partial charge is 0.323 e. The molecular formula is C14H21N3O. The van der Waals surface area contributed by atoms with Crippen molar-refractivity contribution in [1.29, 1.82) is 0 Å². The first-order valence-electron chi connectivity index (χ1n) is 6.00. The first-order chi connectivity index (χ1) is 8.40. The summed E-state index contributed by atoms with van der Waals surface area (Å²) >= 11 is 0. The van der Waals surface area contributed by atoms with Crippen LogP contribution >= 0.6 is 0 Å². The van der Waals surface area contributed by atoms with Gasteiger partial charge in [-0.25, -0.2) is 4.79 Å². The number of carbonyl (C=O) groups is 1. The van der Waals surface area contributed by atoms with Crippen molar-refractivity contribution in [3.8, 4) is 0 Å². The number of hydrogen-bond acceptors (Lipinski definition) is 2. The van der Waals surface area contributed by atoms with Crippen molar-refractivity contribution >= 4 is 17.4 Å². The van der Waals surface area contributed by atoms with E-state index in [0.29, 0.717) is 17.3 Å². The van der Waals surface area contributed by atoms with Gasteiger partial charge in [0.05, 0.1) is 11.4 Å². The Morgan fingerprint density at radius 3 is 2.67 bits per heavy atom. The molecule has 0 fully saturated rings. The Bertz CT molecular complexity index is 464. The van der Waals surface area contributed by atoms with Crippen LogP contribution in [-0.4, -0.2) is 6.03 Å². The van der Waals surface area contributed by atoms with Crippen molar-refractivity contribution in [1.82, 2.24) is 5.32 Å². The highest BCUT2D eigenvalue weighted by atomic mass is 16.2. The van der Waals surface area contributed by atoms with Gasteiger partial charge < -0.3 is 16.4 Å². The molecule has 0 aliphatic rings. The van der Waals surface area contributed by atoms with E-state index in [9.17, 15) is 4.79 Å². The maximum absolute atomic E-state index is 11.7. The van der Waals surface area contributed by atoms with Gasteiger partial charge in [-0.1, -0.05) is 25.5 Å². The molecule has 4 nitrogen and oxygen atoms in total. The molecule has 0 aromatic heterocycles. The fraction of sp³-hybridized carbons (Fsp3) is 0.357. The summed E-state index contributed by atoms with van der Waals surface area (Å²) in [6.45, 7) is 8.07. The maximum Gasteiger partial charge on any atom is 0.323 e. The molecule has 1 aromatic rings. The number of rotatable bonds is 3. The van der Waals surface area contributed by atoms with Crippen LogP contribution in [0.5, 0.6) is 0 Å². The predicted molar refractivity (Wildman–Crippen MR) is 76.3 cm³/mol. The van der Waals surface area contributed by atoms with Crippen LogP contribution in [0, 0.1) is 12.8 Å². The van der Waals surface area contributed by atoms with Crippen molar-refractivity contribution in [3.63, 3.8) is 0 Å². The molecule has 0 saturated heterocycles. The van der Waals surface area contributed by atoms with Crippen LogP contribution in [0.2, 0.25) is 0 Å². The fourth-order valence-corrected chi connectivity index (χ4v) is 1.28. The van der Waals surface area contributed by atoms with Gasteiger partial charge >= 0.3 is 6.03 Å². The Hall–Kier alpha value is -1.97. The topological polar surface area (TPSA) is 67.2 Å². The number of aryl methyl sites for hydroxylation is 1. The summed E-state index contributed by atoms with van der Waals surface area (Å²) in [5.74, 6) is 0.411. The lowest BCUT2D eigenvalue weighted by molar-refractivity contribution is 0.255. The maximum atomic E-state index is 11.7. The minimum atomic E-state index is -0.285. The minimum absolute atomic E-state index is 0.285. The van der Waals surface area contributed by atoms with E-state index < -0.39 is 0 Å². The monoisotopic (exact) mass is 247 g/mol. The highest BCUT2D eigenvalue weighted by Crippen LogP contribution is 2.19. The molecule has 0 atom stereocenters. The molecule has 4 heteroatoms. The average molecular weight is 247 g/mol. The van der Waals surface area contributed by atoms with E-state index >= 15 is 0 Å². The number of urea groups is 1. The second-order valence-corrected chi connectivity index (χ2v) is 4.73. The van der Waals surface area contributed by atoms with Gasteiger partial charge in [0.15, 0.2) is 0 Å². The highest BCUT2D eigenvalue weighted by Gasteiger charge is 2.04. The first-order valence-corrected chi connectivity index (χ1v) is 6.00. The SMILES string of the molecule is C/C(=C\NC(=O)Nc1cc(C)ccc1N)C(C)C. The molecule has 0 radical (unpaired) electrons. The predicted octanol–water partition coefficient (Wildman–Crippen LogP) is 3.26. The number of hydrogen-bond donors (Lipinski definition) is 3. The molecule has 0 heterocycles. The zero-order valence-electron chi connectivity index (χ0n) is 11.4. The van der Waals surface area contributed by atoms with Crippen LogP contribution in [0.4, 0.5) is 16.2 Å². The van der Waals surface area contributed by atoms with Crippen LogP contribution in [0.3, 0.4) is 0 Å². The second-order valence-electron chi connectivity index (χ2n) is 4.73. The number of amides is 2. The largest absolute Gasteiger partial charge is 0.397 e. The average Bonchev–Trinajstić information content (AvgIpc) is 2.30. The Kier molecular flexibility index (Phi) is 4.77. The molecule has 18 heavy (non-hydrogen) atoms. The van der Waals surface area contributed by atoms with Crippen molar-refractivity contribution < 1.29 is 4.79 Å².